The summed E-state index contributed by atoms with van der Waals surface area (Å²) in [6.45, 7) is 8.91. The summed E-state index contributed by atoms with van der Waals surface area (Å²) >= 11 is 0. The van der Waals surface area contributed by atoms with Crippen LogP contribution in [0.3, 0.4) is 0 Å². The molecular weight excluding hydrogens is 266 g/mol. The monoisotopic (exact) mass is 293 g/mol. The molecule has 0 bridgehead atoms. The summed E-state index contributed by atoms with van der Waals surface area (Å²) in [5, 5.41) is 4.29. The molecule has 21 heavy (non-hydrogen) atoms. The molecule has 0 saturated carbocycles. The van der Waals surface area contributed by atoms with E-state index in [4.69, 9.17) is 4.74 Å². The molecule has 1 aromatic rings. The fraction of sp³-hybridized carbons (Fsp3) is 0.750. The van der Waals surface area contributed by atoms with Crippen LogP contribution in [-0.2, 0) is 6.54 Å². The van der Waals surface area contributed by atoms with Crippen molar-refractivity contribution in [3.63, 3.8) is 0 Å². The Morgan fingerprint density at radius 3 is 2.38 bits per heavy atom. The highest BCUT2D eigenvalue weighted by atomic mass is 16.5. The Bertz CT molecular complexity index is 464. The molecular formula is C16H27N3O2. The molecule has 0 N–H and O–H groups in total. The maximum atomic E-state index is 13.4. The molecule has 0 radical (unpaired) electrons. The van der Waals surface area contributed by atoms with E-state index in [9.17, 15) is 4.79 Å². The summed E-state index contributed by atoms with van der Waals surface area (Å²) in [6, 6.07) is 0. The molecule has 5 nitrogen and oxygen atoms in total. The van der Waals surface area contributed by atoms with E-state index >= 15 is 0 Å². The van der Waals surface area contributed by atoms with E-state index in [-0.39, 0.29) is 5.78 Å². The minimum Gasteiger partial charge on any atom is -0.493 e. The number of hydrogen-bond acceptors (Lipinski definition) is 4. The number of hydrogen-bond donors (Lipinski definition) is 0. The highest BCUT2D eigenvalue weighted by Crippen LogP contribution is 2.34. The second kappa shape index (κ2) is 6.60. The summed E-state index contributed by atoms with van der Waals surface area (Å²) in [7, 11) is 1.60. The second-order valence-electron chi connectivity index (χ2n) is 5.64. The van der Waals surface area contributed by atoms with Gasteiger partial charge < -0.3 is 4.74 Å². The van der Waals surface area contributed by atoms with Crippen molar-refractivity contribution in [1.82, 2.24) is 14.7 Å². The fourth-order valence-electron chi connectivity index (χ4n) is 3.51. The van der Waals surface area contributed by atoms with Gasteiger partial charge >= 0.3 is 0 Å². The molecule has 118 valence electrons. The SMILES string of the molecule is CCn1ncc(OC)c1C(=O)C(CC)(CC)N1CCCC1. The zero-order valence-electron chi connectivity index (χ0n) is 13.7. The lowest BCUT2D eigenvalue weighted by atomic mass is 9.84. The molecule has 0 aromatic carbocycles. The van der Waals surface area contributed by atoms with Crippen molar-refractivity contribution in [3.05, 3.63) is 11.9 Å². The van der Waals surface area contributed by atoms with E-state index in [1.54, 1.807) is 18.0 Å². The molecule has 1 saturated heterocycles. The smallest absolute Gasteiger partial charge is 0.204 e. The fourth-order valence-corrected chi connectivity index (χ4v) is 3.51. The first-order valence-corrected chi connectivity index (χ1v) is 8.04. The van der Waals surface area contributed by atoms with Crippen LogP contribution >= 0.6 is 0 Å². The number of likely N-dealkylation sites (tertiary alicyclic amines) is 1. The third kappa shape index (κ3) is 2.59. The molecule has 0 amide bonds. The summed E-state index contributed by atoms with van der Waals surface area (Å²) in [4.78, 5) is 15.7. The number of carbonyl (C=O) groups is 1. The number of ketones is 1. The van der Waals surface area contributed by atoms with E-state index in [1.165, 1.54) is 12.8 Å². The number of rotatable bonds is 7. The molecule has 1 aromatic heterocycles. The van der Waals surface area contributed by atoms with E-state index in [2.05, 4.69) is 23.8 Å². The predicted octanol–water partition coefficient (Wildman–Crippen LogP) is 2.75. The topological polar surface area (TPSA) is 47.4 Å². The van der Waals surface area contributed by atoms with Gasteiger partial charge in [-0.3, -0.25) is 14.4 Å². The van der Waals surface area contributed by atoms with E-state index < -0.39 is 5.54 Å². The van der Waals surface area contributed by atoms with Crippen molar-refractivity contribution in [2.24, 2.45) is 0 Å². The lowest BCUT2D eigenvalue weighted by Gasteiger charge is -2.39. The van der Waals surface area contributed by atoms with E-state index in [0.29, 0.717) is 18.0 Å². The maximum Gasteiger partial charge on any atom is 0.204 e. The molecule has 0 atom stereocenters. The normalized spacial score (nSPS) is 16.4. The van der Waals surface area contributed by atoms with Gasteiger partial charge in [-0.1, -0.05) is 13.8 Å². The average molecular weight is 293 g/mol. The largest absolute Gasteiger partial charge is 0.493 e. The minimum absolute atomic E-state index is 0.158. The van der Waals surface area contributed by atoms with Crippen LogP contribution < -0.4 is 4.74 Å². The van der Waals surface area contributed by atoms with Crippen LogP contribution in [0.1, 0.15) is 56.9 Å². The molecule has 2 rings (SSSR count). The Kier molecular flexibility index (Phi) is 5.04. The number of ether oxygens (including phenoxy) is 1. The van der Waals surface area contributed by atoms with Crippen molar-refractivity contribution in [1.29, 1.82) is 0 Å². The van der Waals surface area contributed by atoms with Gasteiger partial charge in [0.15, 0.2) is 5.75 Å². The summed E-state index contributed by atoms with van der Waals surface area (Å²) in [5.41, 5.74) is 0.201. The molecule has 1 aliphatic heterocycles. The van der Waals surface area contributed by atoms with E-state index in [1.807, 2.05) is 6.92 Å². The lowest BCUT2D eigenvalue weighted by Crippen LogP contribution is -2.53. The van der Waals surface area contributed by atoms with Crippen LogP contribution in [0.5, 0.6) is 5.75 Å². The van der Waals surface area contributed by atoms with Gasteiger partial charge in [0.2, 0.25) is 5.78 Å². The quantitative estimate of drug-likeness (QED) is 0.725. The number of carbonyl (C=O) groups excluding carboxylic acids is 1. The number of aryl methyl sites for hydroxylation is 1. The van der Waals surface area contributed by atoms with Crippen LogP contribution in [0, 0.1) is 0 Å². The van der Waals surface area contributed by atoms with Gasteiger partial charge in [0, 0.05) is 6.54 Å². The molecule has 0 spiro atoms. The Morgan fingerprint density at radius 1 is 1.29 bits per heavy atom. The standard InChI is InChI=1S/C16H27N3O2/c1-5-16(6-2,18-10-8-9-11-18)15(20)14-13(21-4)12-17-19(14)7-3/h12H,5-11H2,1-4H3. The van der Waals surface area contributed by atoms with Gasteiger partial charge in [-0.15, -0.1) is 0 Å². The predicted molar refractivity (Wildman–Crippen MR) is 82.9 cm³/mol. The number of Topliss-reactive ketones (excluding diaryl/α,β-unsaturated/α-hetero) is 1. The molecule has 5 heteroatoms. The highest BCUT2D eigenvalue weighted by Gasteiger charge is 2.44. The van der Waals surface area contributed by atoms with Gasteiger partial charge in [-0.05, 0) is 45.7 Å². The van der Waals surface area contributed by atoms with Crippen LogP contribution in [0.4, 0.5) is 0 Å². The Morgan fingerprint density at radius 2 is 1.90 bits per heavy atom. The van der Waals surface area contributed by atoms with Crippen LogP contribution in [-0.4, -0.2) is 46.2 Å². The van der Waals surface area contributed by atoms with Crippen molar-refractivity contribution >= 4 is 5.78 Å². The lowest BCUT2D eigenvalue weighted by molar-refractivity contribution is 0.0566. The van der Waals surface area contributed by atoms with Gasteiger partial charge in [-0.2, -0.15) is 5.10 Å². The molecule has 0 unspecified atom stereocenters. The second-order valence-corrected chi connectivity index (χ2v) is 5.64. The average Bonchev–Trinajstić information content (AvgIpc) is 3.18. The zero-order chi connectivity index (χ0) is 15.5. The Hall–Kier alpha value is -1.36. The third-order valence-electron chi connectivity index (χ3n) is 4.84. The van der Waals surface area contributed by atoms with Crippen molar-refractivity contribution in [2.45, 2.75) is 58.5 Å². The Labute approximate surface area is 127 Å². The molecule has 0 aliphatic carbocycles. The first-order chi connectivity index (χ1) is 10.1. The van der Waals surface area contributed by atoms with Crippen LogP contribution in [0.15, 0.2) is 6.20 Å². The minimum atomic E-state index is -0.420. The first-order valence-electron chi connectivity index (χ1n) is 8.04. The molecule has 1 fully saturated rings. The van der Waals surface area contributed by atoms with Gasteiger partial charge in [0.1, 0.15) is 5.69 Å². The van der Waals surface area contributed by atoms with Crippen molar-refractivity contribution in [3.8, 4) is 5.75 Å². The summed E-state index contributed by atoms with van der Waals surface area (Å²) in [5.74, 6) is 0.748. The number of aromatic nitrogens is 2. The maximum absolute atomic E-state index is 13.4. The van der Waals surface area contributed by atoms with Crippen molar-refractivity contribution in [2.75, 3.05) is 20.2 Å². The molecule has 1 aliphatic rings. The summed E-state index contributed by atoms with van der Waals surface area (Å²) < 4.78 is 7.13. The van der Waals surface area contributed by atoms with Gasteiger partial charge in [-0.25, -0.2) is 0 Å². The number of methoxy groups -OCH3 is 1. The summed E-state index contributed by atoms with van der Waals surface area (Å²) in [6.07, 6.45) is 5.65. The highest BCUT2D eigenvalue weighted by molar-refractivity contribution is 6.04. The zero-order valence-corrected chi connectivity index (χ0v) is 13.7. The van der Waals surface area contributed by atoms with Gasteiger partial charge in [0.25, 0.3) is 0 Å². The van der Waals surface area contributed by atoms with Crippen molar-refractivity contribution < 1.29 is 9.53 Å². The first kappa shape index (κ1) is 16.0. The number of nitrogens with zero attached hydrogens (tertiary/aromatic N) is 3. The van der Waals surface area contributed by atoms with Crippen LogP contribution in [0.2, 0.25) is 0 Å². The third-order valence-corrected chi connectivity index (χ3v) is 4.84. The molecule has 2 heterocycles. The van der Waals surface area contributed by atoms with Gasteiger partial charge in [0.05, 0.1) is 18.8 Å². The van der Waals surface area contributed by atoms with Crippen LogP contribution in [0.25, 0.3) is 0 Å². The van der Waals surface area contributed by atoms with E-state index in [0.717, 1.165) is 25.9 Å². The Balaban J connectivity index is 2.45.